The quantitative estimate of drug-likeness (QED) is 0.177. The molecule has 3 heterocycles. The molecule has 0 saturated carbocycles. The highest BCUT2D eigenvalue weighted by molar-refractivity contribution is 6.10. The molecule has 298 valence electrons. The molecule has 0 radical (unpaired) electrons. The van der Waals surface area contributed by atoms with Crippen molar-refractivity contribution in [2.24, 2.45) is 0 Å². The van der Waals surface area contributed by atoms with E-state index in [0.717, 1.165) is 84.0 Å². The van der Waals surface area contributed by atoms with Gasteiger partial charge in [0, 0.05) is 21.9 Å². The number of hydrogen-bond acceptors (Lipinski definition) is 4. The van der Waals surface area contributed by atoms with Gasteiger partial charge in [0.25, 0.3) is 0 Å². The number of hydrogen-bond donors (Lipinski definition) is 0. The van der Waals surface area contributed by atoms with E-state index in [9.17, 15) is 0 Å². The van der Waals surface area contributed by atoms with Gasteiger partial charge in [-0.1, -0.05) is 158 Å². The molecule has 1 aliphatic heterocycles. The minimum atomic E-state index is -0.569. The first-order chi connectivity index (χ1) is 31.7. The molecule has 11 aromatic rings. The molecule has 1 spiro atoms. The highest BCUT2D eigenvalue weighted by Gasteiger charge is 2.52. The summed E-state index contributed by atoms with van der Waals surface area (Å²) in [5.41, 5.74) is 17.5. The van der Waals surface area contributed by atoms with Crippen LogP contribution in [-0.4, -0.2) is 14.5 Å². The van der Waals surface area contributed by atoms with E-state index in [4.69, 9.17) is 19.4 Å². The average Bonchev–Trinajstić information content (AvgIpc) is 3.96. The number of para-hydroxylation sites is 3. The van der Waals surface area contributed by atoms with E-state index < -0.39 is 5.41 Å². The fourth-order valence-electron chi connectivity index (χ4n) is 10.8. The lowest BCUT2D eigenvalue weighted by atomic mass is 9.70. The van der Waals surface area contributed by atoms with E-state index in [1.807, 2.05) is 36.4 Å². The molecule has 0 atom stereocenters. The Hall–Kier alpha value is -8.54. The van der Waals surface area contributed by atoms with Crippen LogP contribution in [0.2, 0.25) is 0 Å². The van der Waals surface area contributed by atoms with Gasteiger partial charge < -0.3 is 9.47 Å². The Morgan fingerprint density at radius 1 is 0.328 bits per heavy atom. The Kier molecular flexibility index (Phi) is 7.26. The summed E-state index contributed by atoms with van der Waals surface area (Å²) in [5.74, 6) is 3.52. The lowest BCUT2D eigenvalue weighted by Crippen LogP contribution is -2.26. The highest BCUT2D eigenvalue weighted by Crippen LogP contribution is 2.65. The summed E-state index contributed by atoms with van der Waals surface area (Å²) >= 11 is 0. The standard InChI is InChI=1S/C59H35N3O2/c1-3-15-36(16-4-1)50-35-51(37-17-5-2-6-18-37)61-58(60-50)62-52-24-12-9-21-43(52)45-31-38(28-30-53(45)62)39-27-29-42-44-33-56-57(64-55-26-14-13-25-54(55)63-56)34-49(44)59(48(42)32-39)46-22-10-7-19-40(46)41-20-8-11-23-47(41)59/h1-35H. The number of nitrogens with zero attached hydrogens (tertiary/aromatic N) is 3. The first-order valence-electron chi connectivity index (χ1n) is 21.7. The number of ether oxygens (including phenoxy) is 2. The number of rotatable bonds is 4. The molecule has 0 bridgehead atoms. The third-order valence-electron chi connectivity index (χ3n) is 13.5. The minimum absolute atomic E-state index is 0.569. The molecule has 9 aromatic carbocycles. The van der Waals surface area contributed by atoms with Crippen LogP contribution >= 0.6 is 0 Å². The largest absolute Gasteiger partial charge is 0.450 e. The zero-order valence-corrected chi connectivity index (χ0v) is 34.4. The lowest BCUT2D eigenvalue weighted by molar-refractivity contribution is 0.359. The fourth-order valence-corrected chi connectivity index (χ4v) is 10.8. The van der Waals surface area contributed by atoms with Gasteiger partial charge in [-0.05, 0) is 110 Å². The summed E-state index contributed by atoms with van der Waals surface area (Å²) in [5, 5.41) is 2.28. The Morgan fingerprint density at radius 2 is 0.844 bits per heavy atom. The minimum Gasteiger partial charge on any atom is -0.450 e. The number of fused-ring (bicyclic) bond motifs is 15. The van der Waals surface area contributed by atoms with Gasteiger partial charge in [0.2, 0.25) is 5.95 Å². The van der Waals surface area contributed by atoms with Crippen molar-refractivity contribution in [3.63, 3.8) is 0 Å². The van der Waals surface area contributed by atoms with Crippen LogP contribution in [-0.2, 0) is 5.41 Å². The molecular formula is C59H35N3O2. The molecule has 0 saturated heterocycles. The molecule has 2 aromatic heterocycles. The van der Waals surface area contributed by atoms with Crippen LogP contribution in [0.4, 0.5) is 0 Å². The zero-order chi connectivity index (χ0) is 41.9. The second-order valence-electron chi connectivity index (χ2n) is 16.9. The topological polar surface area (TPSA) is 49.2 Å². The van der Waals surface area contributed by atoms with Crippen molar-refractivity contribution >= 4 is 21.8 Å². The van der Waals surface area contributed by atoms with Gasteiger partial charge in [-0.3, -0.25) is 4.57 Å². The smallest absolute Gasteiger partial charge is 0.235 e. The van der Waals surface area contributed by atoms with Crippen molar-refractivity contribution in [3.05, 3.63) is 235 Å². The van der Waals surface area contributed by atoms with Gasteiger partial charge >= 0.3 is 0 Å². The summed E-state index contributed by atoms with van der Waals surface area (Å²) in [4.78, 5) is 10.5. The van der Waals surface area contributed by atoms with E-state index in [-0.39, 0.29) is 0 Å². The van der Waals surface area contributed by atoms with Crippen molar-refractivity contribution < 1.29 is 9.47 Å². The third kappa shape index (κ3) is 4.89. The van der Waals surface area contributed by atoms with Gasteiger partial charge in [0.05, 0.1) is 27.8 Å². The van der Waals surface area contributed by atoms with Crippen LogP contribution in [0.25, 0.3) is 83.6 Å². The van der Waals surface area contributed by atoms with E-state index in [1.54, 1.807) is 0 Å². The normalized spacial score (nSPS) is 13.4. The van der Waals surface area contributed by atoms with E-state index in [0.29, 0.717) is 5.95 Å². The molecule has 5 heteroatoms. The predicted molar refractivity (Wildman–Crippen MR) is 256 cm³/mol. The number of benzene rings is 9. The van der Waals surface area contributed by atoms with Gasteiger partial charge in [0.15, 0.2) is 23.0 Å². The maximum Gasteiger partial charge on any atom is 0.235 e. The van der Waals surface area contributed by atoms with Crippen molar-refractivity contribution in [2.45, 2.75) is 5.41 Å². The van der Waals surface area contributed by atoms with E-state index in [1.165, 1.54) is 38.9 Å². The monoisotopic (exact) mass is 817 g/mol. The van der Waals surface area contributed by atoms with Crippen molar-refractivity contribution in [3.8, 4) is 84.8 Å². The Labute approximate surface area is 369 Å². The third-order valence-corrected chi connectivity index (χ3v) is 13.5. The molecule has 2 aliphatic carbocycles. The molecule has 5 nitrogen and oxygen atoms in total. The Balaban J connectivity index is 0.973. The first-order valence-corrected chi connectivity index (χ1v) is 21.7. The molecule has 0 unspecified atom stereocenters. The maximum absolute atomic E-state index is 6.61. The summed E-state index contributed by atoms with van der Waals surface area (Å²) in [6.45, 7) is 0. The summed E-state index contributed by atoms with van der Waals surface area (Å²) in [6.07, 6.45) is 0. The van der Waals surface area contributed by atoms with E-state index in [2.05, 4.69) is 180 Å². The van der Waals surface area contributed by atoms with Crippen LogP contribution in [0.5, 0.6) is 23.0 Å². The van der Waals surface area contributed by atoms with Gasteiger partial charge in [-0.25, -0.2) is 9.97 Å². The van der Waals surface area contributed by atoms with Gasteiger partial charge in [-0.15, -0.1) is 0 Å². The van der Waals surface area contributed by atoms with Crippen LogP contribution in [0.3, 0.4) is 0 Å². The van der Waals surface area contributed by atoms with Crippen LogP contribution < -0.4 is 9.47 Å². The molecular weight excluding hydrogens is 783 g/mol. The summed E-state index contributed by atoms with van der Waals surface area (Å²) in [6, 6.07) is 75.4. The second-order valence-corrected chi connectivity index (χ2v) is 16.9. The second kappa shape index (κ2) is 13.2. The number of aromatic nitrogens is 3. The molecule has 3 aliphatic rings. The Morgan fingerprint density at radius 3 is 1.53 bits per heavy atom. The lowest BCUT2D eigenvalue weighted by Gasteiger charge is -2.31. The van der Waals surface area contributed by atoms with Gasteiger partial charge in [0.1, 0.15) is 0 Å². The Bertz CT molecular complexity index is 3640. The summed E-state index contributed by atoms with van der Waals surface area (Å²) in [7, 11) is 0. The first kappa shape index (κ1) is 35.1. The maximum atomic E-state index is 6.61. The van der Waals surface area contributed by atoms with Crippen LogP contribution in [0.15, 0.2) is 212 Å². The highest BCUT2D eigenvalue weighted by atomic mass is 16.6. The fraction of sp³-hybridized carbons (Fsp3) is 0.0169. The molecule has 0 fully saturated rings. The SMILES string of the molecule is c1ccc(-c2cc(-c3ccccc3)nc(-n3c4ccccc4c4cc(-c5ccc6c(c5)C5(c7ccccc7-c7ccccc75)c5cc7c(cc5-6)Oc5ccccc5O7)ccc43)n2)cc1. The molecule has 64 heavy (non-hydrogen) atoms. The van der Waals surface area contributed by atoms with Crippen molar-refractivity contribution in [1.29, 1.82) is 0 Å². The zero-order valence-electron chi connectivity index (χ0n) is 34.4. The average molecular weight is 818 g/mol. The van der Waals surface area contributed by atoms with Crippen LogP contribution in [0.1, 0.15) is 22.3 Å². The predicted octanol–water partition coefficient (Wildman–Crippen LogP) is 14.8. The van der Waals surface area contributed by atoms with Crippen molar-refractivity contribution in [2.75, 3.05) is 0 Å². The van der Waals surface area contributed by atoms with Gasteiger partial charge in [-0.2, -0.15) is 0 Å². The summed E-state index contributed by atoms with van der Waals surface area (Å²) < 4.78 is 15.4. The molecule has 14 rings (SSSR count). The van der Waals surface area contributed by atoms with Crippen molar-refractivity contribution in [1.82, 2.24) is 14.5 Å². The molecule has 0 N–H and O–H groups in total. The molecule has 0 amide bonds. The van der Waals surface area contributed by atoms with E-state index >= 15 is 0 Å². The van der Waals surface area contributed by atoms with Crippen LogP contribution in [0, 0.1) is 0 Å².